The summed E-state index contributed by atoms with van der Waals surface area (Å²) in [6, 6.07) is 0. The van der Waals surface area contributed by atoms with Gasteiger partial charge in [0.2, 0.25) is 0 Å². The summed E-state index contributed by atoms with van der Waals surface area (Å²) in [5, 5.41) is 0. The highest BCUT2D eigenvalue weighted by atomic mass is 14.0. The quantitative estimate of drug-likeness (QED) is 0.414. The fourth-order valence-electron chi connectivity index (χ4n) is 1.79. The molecule has 0 saturated heterocycles. The van der Waals surface area contributed by atoms with E-state index < -0.39 is 0 Å². The lowest BCUT2D eigenvalue weighted by atomic mass is 10.0. The van der Waals surface area contributed by atoms with Gasteiger partial charge in [0, 0.05) is 0 Å². The maximum absolute atomic E-state index is 3.74. The topological polar surface area (TPSA) is 0 Å². The van der Waals surface area contributed by atoms with E-state index >= 15 is 0 Å². The number of hydrogen-bond donors (Lipinski definition) is 0. The minimum Gasteiger partial charge on any atom is -0.103 e. The monoisotopic (exact) mass is 276 g/mol. The van der Waals surface area contributed by atoms with Crippen LogP contribution in [0.3, 0.4) is 0 Å². The molecule has 0 nitrogen and oxygen atoms in total. The molecule has 0 spiro atoms. The number of allylic oxidation sites excluding steroid dienone is 6. The largest absolute Gasteiger partial charge is 0.103 e. The van der Waals surface area contributed by atoms with E-state index in [1.54, 1.807) is 0 Å². The lowest BCUT2D eigenvalue weighted by molar-refractivity contribution is 0.654. The highest BCUT2D eigenvalue weighted by molar-refractivity contribution is 4.96. The molecular formula is C20H36. The molecule has 0 bridgehead atoms. The fourth-order valence-corrected chi connectivity index (χ4v) is 1.79. The second-order valence-electron chi connectivity index (χ2n) is 6.16. The molecule has 0 radical (unpaired) electrons. The Balaban J connectivity index is 0. The van der Waals surface area contributed by atoms with E-state index in [-0.39, 0.29) is 0 Å². The number of hydrogen-bond acceptors (Lipinski definition) is 0. The van der Waals surface area contributed by atoms with Gasteiger partial charge in [-0.25, -0.2) is 0 Å². The lowest BCUT2D eigenvalue weighted by Gasteiger charge is -2.03. The predicted octanol–water partition coefficient (Wildman–Crippen LogP) is 7.11. The third-order valence-electron chi connectivity index (χ3n) is 3.02. The first-order valence-corrected chi connectivity index (χ1v) is 7.85. The first kappa shape index (κ1) is 21.3. The first-order valence-electron chi connectivity index (χ1n) is 7.85. The minimum absolute atomic E-state index is 0.663. The third kappa shape index (κ3) is 19.3. The van der Waals surface area contributed by atoms with Gasteiger partial charge in [-0.15, -0.1) is 13.2 Å². The van der Waals surface area contributed by atoms with Crippen molar-refractivity contribution in [3.63, 3.8) is 0 Å². The van der Waals surface area contributed by atoms with Crippen LogP contribution in [0.2, 0.25) is 0 Å². The van der Waals surface area contributed by atoms with Gasteiger partial charge < -0.3 is 0 Å². The SMILES string of the molecule is C=CC(C)CCC=C(C)C.C=CCCC(C)C=C(C)C. The van der Waals surface area contributed by atoms with Crippen LogP contribution in [0.25, 0.3) is 0 Å². The van der Waals surface area contributed by atoms with Gasteiger partial charge in [-0.3, -0.25) is 0 Å². The molecule has 0 rings (SSSR count). The summed E-state index contributed by atoms with van der Waals surface area (Å²) in [6.07, 6.45) is 13.4. The Morgan fingerprint density at radius 1 is 0.850 bits per heavy atom. The fraction of sp³-hybridized carbons (Fsp3) is 0.600. The molecule has 0 saturated carbocycles. The highest BCUT2D eigenvalue weighted by Crippen LogP contribution is 2.09. The molecule has 0 aliphatic rings. The Labute approximate surface area is 128 Å². The van der Waals surface area contributed by atoms with Crippen molar-refractivity contribution in [2.24, 2.45) is 11.8 Å². The van der Waals surface area contributed by atoms with E-state index in [4.69, 9.17) is 0 Å². The maximum Gasteiger partial charge on any atom is -0.0257 e. The van der Waals surface area contributed by atoms with E-state index in [1.807, 2.05) is 12.2 Å². The molecule has 0 aromatic heterocycles. The summed E-state index contributed by atoms with van der Waals surface area (Å²) >= 11 is 0. The van der Waals surface area contributed by atoms with Crippen LogP contribution >= 0.6 is 0 Å². The average Bonchev–Trinajstić information content (AvgIpc) is 2.35. The molecule has 2 atom stereocenters. The Morgan fingerprint density at radius 2 is 1.40 bits per heavy atom. The van der Waals surface area contributed by atoms with Gasteiger partial charge in [-0.05, 0) is 65.2 Å². The first-order chi connectivity index (χ1) is 9.33. The van der Waals surface area contributed by atoms with Crippen molar-refractivity contribution in [3.8, 4) is 0 Å². The molecule has 0 fully saturated rings. The van der Waals surface area contributed by atoms with Gasteiger partial charge >= 0.3 is 0 Å². The minimum atomic E-state index is 0.663. The van der Waals surface area contributed by atoms with Gasteiger partial charge in [0.1, 0.15) is 0 Å². The van der Waals surface area contributed by atoms with E-state index in [9.17, 15) is 0 Å². The van der Waals surface area contributed by atoms with Crippen LogP contribution in [-0.2, 0) is 0 Å². The van der Waals surface area contributed by atoms with Crippen molar-refractivity contribution in [3.05, 3.63) is 48.6 Å². The molecule has 0 aromatic carbocycles. The van der Waals surface area contributed by atoms with Crippen LogP contribution in [0.5, 0.6) is 0 Å². The summed E-state index contributed by atoms with van der Waals surface area (Å²) in [6.45, 7) is 20.4. The molecule has 0 heteroatoms. The molecule has 0 N–H and O–H groups in total. The van der Waals surface area contributed by atoms with Gasteiger partial charge in [-0.2, -0.15) is 0 Å². The van der Waals surface area contributed by atoms with Crippen molar-refractivity contribution < 1.29 is 0 Å². The maximum atomic E-state index is 3.74. The Morgan fingerprint density at radius 3 is 1.80 bits per heavy atom. The second-order valence-corrected chi connectivity index (χ2v) is 6.16. The van der Waals surface area contributed by atoms with Crippen LogP contribution in [0, 0.1) is 11.8 Å². The molecular weight excluding hydrogens is 240 g/mol. The second kappa shape index (κ2) is 14.4. The standard InChI is InChI=1S/2C10H18/c1-5-10(4)8-6-7-9(2)3;1-5-6-7-10(4)8-9(2)3/h5,7,10H,1,6,8H2,2-4H3;5,8,10H,1,6-7H2,2-4H3. The lowest BCUT2D eigenvalue weighted by Crippen LogP contribution is -1.88. The van der Waals surface area contributed by atoms with E-state index in [1.165, 1.54) is 30.4 Å². The van der Waals surface area contributed by atoms with Gasteiger partial charge in [0.15, 0.2) is 0 Å². The summed E-state index contributed by atoms with van der Waals surface area (Å²) in [5.41, 5.74) is 2.83. The van der Waals surface area contributed by atoms with Crippen LogP contribution in [0.15, 0.2) is 48.6 Å². The van der Waals surface area contributed by atoms with Crippen molar-refractivity contribution in [2.45, 2.75) is 67.2 Å². The highest BCUT2D eigenvalue weighted by Gasteiger charge is 1.94. The van der Waals surface area contributed by atoms with Crippen LogP contribution < -0.4 is 0 Å². The van der Waals surface area contributed by atoms with Crippen LogP contribution in [0.1, 0.15) is 67.2 Å². The van der Waals surface area contributed by atoms with E-state index in [0.717, 1.165) is 6.42 Å². The van der Waals surface area contributed by atoms with Crippen molar-refractivity contribution in [1.29, 1.82) is 0 Å². The molecule has 0 aromatic rings. The van der Waals surface area contributed by atoms with Gasteiger partial charge in [0.05, 0.1) is 0 Å². The smallest absolute Gasteiger partial charge is 0.0257 e. The predicted molar refractivity (Wildman–Crippen MR) is 96.1 cm³/mol. The summed E-state index contributed by atoms with van der Waals surface area (Å²) in [5.74, 6) is 1.37. The van der Waals surface area contributed by atoms with Crippen molar-refractivity contribution in [2.75, 3.05) is 0 Å². The Bertz CT molecular complexity index is 296. The van der Waals surface area contributed by atoms with Gasteiger partial charge in [0.25, 0.3) is 0 Å². The van der Waals surface area contributed by atoms with Crippen molar-refractivity contribution >= 4 is 0 Å². The van der Waals surface area contributed by atoms with Gasteiger partial charge in [-0.1, -0.05) is 49.3 Å². The van der Waals surface area contributed by atoms with Crippen LogP contribution in [-0.4, -0.2) is 0 Å². The summed E-state index contributed by atoms with van der Waals surface area (Å²) in [4.78, 5) is 0. The molecule has 116 valence electrons. The van der Waals surface area contributed by atoms with E-state index in [2.05, 4.69) is 66.9 Å². The Kier molecular flexibility index (Phi) is 15.3. The zero-order chi connectivity index (χ0) is 16.0. The zero-order valence-corrected chi connectivity index (χ0v) is 14.7. The number of rotatable bonds is 8. The molecule has 2 unspecified atom stereocenters. The summed E-state index contributed by atoms with van der Waals surface area (Å²) in [7, 11) is 0. The van der Waals surface area contributed by atoms with E-state index in [0.29, 0.717) is 11.8 Å². The zero-order valence-electron chi connectivity index (χ0n) is 14.7. The van der Waals surface area contributed by atoms with Crippen LogP contribution in [0.4, 0.5) is 0 Å². The summed E-state index contributed by atoms with van der Waals surface area (Å²) < 4.78 is 0. The van der Waals surface area contributed by atoms with Crippen molar-refractivity contribution in [1.82, 2.24) is 0 Å². The molecule has 0 aliphatic carbocycles. The Hall–Kier alpha value is -1.04. The molecule has 0 heterocycles. The average molecular weight is 277 g/mol. The molecule has 0 aliphatic heterocycles. The molecule has 0 amide bonds. The molecule has 20 heavy (non-hydrogen) atoms. The normalized spacial score (nSPS) is 12.3. The third-order valence-corrected chi connectivity index (χ3v) is 3.02.